The first-order chi connectivity index (χ1) is 8.65. The molecule has 0 spiro atoms. The van der Waals surface area contributed by atoms with E-state index in [0.29, 0.717) is 17.4 Å². The fourth-order valence-corrected chi connectivity index (χ4v) is 2.16. The molecule has 0 aliphatic heterocycles. The number of amides is 1. The van der Waals surface area contributed by atoms with Gasteiger partial charge >= 0.3 is 0 Å². The van der Waals surface area contributed by atoms with Crippen molar-refractivity contribution in [2.45, 2.75) is 45.6 Å². The number of aryl methyl sites for hydroxylation is 1. The Morgan fingerprint density at radius 1 is 1.44 bits per heavy atom. The van der Waals surface area contributed by atoms with Crippen LogP contribution in [0.5, 0.6) is 0 Å². The minimum atomic E-state index is 0.100. The quantitative estimate of drug-likeness (QED) is 0.868. The Morgan fingerprint density at radius 3 is 2.72 bits per heavy atom. The Balaban J connectivity index is 2.23. The Hall–Kier alpha value is -1.58. The van der Waals surface area contributed by atoms with Crippen LogP contribution in [0.25, 0.3) is 0 Å². The lowest BCUT2D eigenvalue weighted by atomic mass is 10.1. The number of pyridine rings is 1. The van der Waals surface area contributed by atoms with E-state index in [1.54, 1.807) is 6.07 Å². The van der Waals surface area contributed by atoms with E-state index >= 15 is 0 Å². The molecule has 1 aromatic heterocycles. The third-order valence-corrected chi connectivity index (χ3v) is 3.22. The third-order valence-electron chi connectivity index (χ3n) is 3.22. The maximum absolute atomic E-state index is 12.5. The molecule has 1 aliphatic carbocycles. The fourth-order valence-electron chi connectivity index (χ4n) is 2.16. The Bertz CT molecular complexity index is 441. The number of anilines is 1. The molecule has 0 aromatic carbocycles. The van der Waals surface area contributed by atoms with Gasteiger partial charge < -0.3 is 10.6 Å². The molecule has 0 atom stereocenters. The van der Waals surface area contributed by atoms with Gasteiger partial charge in [0.1, 0.15) is 5.82 Å². The molecule has 1 heterocycles. The van der Waals surface area contributed by atoms with E-state index in [2.05, 4.69) is 11.9 Å². The standard InChI is InChI=1S/C14H21N3O/c1-3-7-17(12-5-6-12)14(18)10-8-11(4-2)16-13(15)9-10/h8-9,12H,3-7H2,1-2H3,(H2,15,16). The molecular formula is C14H21N3O. The zero-order valence-electron chi connectivity index (χ0n) is 11.1. The topological polar surface area (TPSA) is 59.2 Å². The van der Waals surface area contributed by atoms with Gasteiger partial charge in [-0.2, -0.15) is 0 Å². The summed E-state index contributed by atoms with van der Waals surface area (Å²) in [5.74, 6) is 0.535. The highest BCUT2D eigenvalue weighted by Crippen LogP contribution is 2.28. The van der Waals surface area contributed by atoms with Gasteiger partial charge in [-0.05, 0) is 37.8 Å². The Kier molecular flexibility index (Phi) is 3.84. The molecule has 2 rings (SSSR count). The second-order valence-corrected chi connectivity index (χ2v) is 4.86. The van der Waals surface area contributed by atoms with Gasteiger partial charge in [-0.3, -0.25) is 4.79 Å². The van der Waals surface area contributed by atoms with Crippen molar-refractivity contribution in [3.8, 4) is 0 Å². The van der Waals surface area contributed by atoms with Crippen LogP contribution in [0.1, 0.15) is 49.2 Å². The smallest absolute Gasteiger partial charge is 0.254 e. The maximum atomic E-state index is 12.5. The molecule has 1 aromatic rings. The summed E-state index contributed by atoms with van der Waals surface area (Å²) in [7, 11) is 0. The molecule has 4 nitrogen and oxygen atoms in total. The Labute approximate surface area is 108 Å². The predicted octanol–water partition coefficient (Wildman–Crippen LogP) is 2.24. The third kappa shape index (κ3) is 2.81. The molecule has 4 heteroatoms. The highest BCUT2D eigenvalue weighted by molar-refractivity contribution is 5.95. The van der Waals surface area contributed by atoms with Crippen molar-refractivity contribution < 1.29 is 4.79 Å². The monoisotopic (exact) mass is 247 g/mol. The summed E-state index contributed by atoms with van der Waals surface area (Å²) in [6.45, 7) is 4.94. The molecule has 0 saturated heterocycles. The molecule has 1 saturated carbocycles. The van der Waals surface area contributed by atoms with E-state index in [1.807, 2.05) is 17.9 Å². The van der Waals surface area contributed by atoms with Crippen LogP contribution in [-0.4, -0.2) is 28.4 Å². The average molecular weight is 247 g/mol. The second kappa shape index (κ2) is 5.38. The molecule has 1 aliphatic rings. The summed E-state index contributed by atoms with van der Waals surface area (Å²) in [6.07, 6.45) is 4.05. The van der Waals surface area contributed by atoms with Crippen LogP contribution in [-0.2, 0) is 6.42 Å². The average Bonchev–Trinajstić information content (AvgIpc) is 3.18. The van der Waals surface area contributed by atoms with Crippen LogP contribution in [0.15, 0.2) is 12.1 Å². The lowest BCUT2D eigenvalue weighted by molar-refractivity contribution is 0.0743. The van der Waals surface area contributed by atoms with Crippen LogP contribution in [0.3, 0.4) is 0 Å². The summed E-state index contributed by atoms with van der Waals surface area (Å²) in [5.41, 5.74) is 7.32. The molecule has 1 fully saturated rings. The van der Waals surface area contributed by atoms with E-state index in [-0.39, 0.29) is 5.91 Å². The minimum absolute atomic E-state index is 0.100. The number of carbonyl (C=O) groups is 1. The molecule has 0 bridgehead atoms. The van der Waals surface area contributed by atoms with Gasteiger partial charge in [-0.25, -0.2) is 4.98 Å². The zero-order valence-corrected chi connectivity index (χ0v) is 11.1. The summed E-state index contributed by atoms with van der Waals surface area (Å²) < 4.78 is 0. The van der Waals surface area contributed by atoms with E-state index in [4.69, 9.17) is 5.73 Å². The summed E-state index contributed by atoms with van der Waals surface area (Å²) >= 11 is 0. The molecular weight excluding hydrogens is 226 g/mol. The second-order valence-electron chi connectivity index (χ2n) is 4.86. The molecule has 98 valence electrons. The number of hydrogen-bond donors (Lipinski definition) is 1. The van der Waals surface area contributed by atoms with Gasteiger partial charge in [-0.15, -0.1) is 0 Å². The summed E-state index contributed by atoms with van der Waals surface area (Å²) in [4.78, 5) is 18.7. The van der Waals surface area contributed by atoms with Crippen molar-refractivity contribution in [2.24, 2.45) is 0 Å². The van der Waals surface area contributed by atoms with Crippen molar-refractivity contribution in [3.63, 3.8) is 0 Å². The molecule has 18 heavy (non-hydrogen) atoms. The Morgan fingerprint density at radius 2 is 2.17 bits per heavy atom. The largest absolute Gasteiger partial charge is 0.384 e. The number of nitrogen functional groups attached to an aromatic ring is 1. The van der Waals surface area contributed by atoms with E-state index < -0.39 is 0 Å². The van der Waals surface area contributed by atoms with Gasteiger partial charge in [0.15, 0.2) is 0 Å². The van der Waals surface area contributed by atoms with Crippen LogP contribution in [0.4, 0.5) is 5.82 Å². The van der Waals surface area contributed by atoms with E-state index in [9.17, 15) is 4.79 Å². The highest BCUT2D eigenvalue weighted by Gasteiger charge is 2.32. The number of nitrogens with zero attached hydrogens (tertiary/aromatic N) is 2. The van der Waals surface area contributed by atoms with Crippen molar-refractivity contribution >= 4 is 11.7 Å². The first kappa shape index (κ1) is 12.9. The van der Waals surface area contributed by atoms with Crippen LogP contribution in [0.2, 0.25) is 0 Å². The maximum Gasteiger partial charge on any atom is 0.254 e. The summed E-state index contributed by atoms with van der Waals surface area (Å²) in [5, 5.41) is 0. The van der Waals surface area contributed by atoms with Crippen LogP contribution >= 0.6 is 0 Å². The van der Waals surface area contributed by atoms with Crippen molar-refractivity contribution in [2.75, 3.05) is 12.3 Å². The zero-order chi connectivity index (χ0) is 13.1. The number of rotatable bonds is 5. The molecule has 0 radical (unpaired) electrons. The SMILES string of the molecule is CCCN(C(=O)c1cc(N)nc(CC)c1)C1CC1. The number of carbonyl (C=O) groups excluding carboxylic acids is 1. The van der Waals surface area contributed by atoms with E-state index in [1.165, 1.54) is 0 Å². The molecule has 1 amide bonds. The highest BCUT2D eigenvalue weighted by atomic mass is 16.2. The lowest BCUT2D eigenvalue weighted by Crippen LogP contribution is -2.34. The fraction of sp³-hybridized carbons (Fsp3) is 0.571. The van der Waals surface area contributed by atoms with Gasteiger partial charge in [-0.1, -0.05) is 13.8 Å². The van der Waals surface area contributed by atoms with Crippen molar-refractivity contribution in [3.05, 3.63) is 23.4 Å². The van der Waals surface area contributed by atoms with Gasteiger partial charge in [0.05, 0.1) is 0 Å². The van der Waals surface area contributed by atoms with Crippen LogP contribution < -0.4 is 5.73 Å². The van der Waals surface area contributed by atoms with Gasteiger partial charge in [0, 0.05) is 23.8 Å². The van der Waals surface area contributed by atoms with Crippen molar-refractivity contribution in [1.29, 1.82) is 0 Å². The predicted molar refractivity (Wildman–Crippen MR) is 72.4 cm³/mol. The lowest BCUT2D eigenvalue weighted by Gasteiger charge is -2.22. The number of aromatic nitrogens is 1. The van der Waals surface area contributed by atoms with Gasteiger partial charge in [0.25, 0.3) is 5.91 Å². The first-order valence-corrected chi connectivity index (χ1v) is 6.73. The van der Waals surface area contributed by atoms with Gasteiger partial charge in [0.2, 0.25) is 0 Å². The number of hydrogen-bond acceptors (Lipinski definition) is 3. The minimum Gasteiger partial charge on any atom is -0.384 e. The normalized spacial score (nSPS) is 14.6. The van der Waals surface area contributed by atoms with Crippen molar-refractivity contribution in [1.82, 2.24) is 9.88 Å². The first-order valence-electron chi connectivity index (χ1n) is 6.73. The van der Waals surface area contributed by atoms with Crippen LogP contribution in [0, 0.1) is 0 Å². The molecule has 2 N–H and O–H groups in total. The molecule has 0 unspecified atom stereocenters. The summed E-state index contributed by atoms with van der Waals surface area (Å²) in [6, 6.07) is 3.99. The van der Waals surface area contributed by atoms with E-state index in [0.717, 1.165) is 37.9 Å². The number of nitrogens with two attached hydrogens (primary N) is 1.